The molecule has 0 aromatic carbocycles. The number of hydrazine groups is 2. The van der Waals surface area contributed by atoms with Crippen LogP contribution < -0.4 is 16.2 Å². The molecule has 15 heteroatoms. The predicted octanol–water partition coefficient (Wildman–Crippen LogP) is -0.219. The molecule has 270 valence electrons. The van der Waals surface area contributed by atoms with Crippen LogP contribution in [-0.4, -0.2) is 130 Å². The SMILES string of the molecule is CC(C)C[C@H]1C(=O)N2C[C@@H](C)C[C@@H]2C(=O)N[C@@H](C(C)C)C(=O)O[C@@H](C(C)C)C(=O)N2NCCC[C@H]2C(=O)N2NC[C@H](O)C[C@H]2C(=O)N1C. The Morgan fingerprint density at radius 2 is 1.50 bits per heavy atom. The third kappa shape index (κ3) is 7.94. The van der Waals surface area contributed by atoms with Crippen molar-refractivity contribution in [2.75, 3.05) is 26.7 Å². The Kier molecular flexibility index (Phi) is 12.1. The first-order valence-corrected chi connectivity index (χ1v) is 17.4. The van der Waals surface area contributed by atoms with E-state index in [0.29, 0.717) is 25.8 Å². The molecule has 4 N–H and O–H groups in total. The van der Waals surface area contributed by atoms with Gasteiger partial charge in [-0.1, -0.05) is 48.5 Å². The summed E-state index contributed by atoms with van der Waals surface area (Å²) in [6.07, 6.45) is -0.806. The predicted molar refractivity (Wildman–Crippen MR) is 174 cm³/mol. The lowest BCUT2D eigenvalue weighted by Crippen LogP contribution is -2.69. The minimum atomic E-state index is -1.28. The van der Waals surface area contributed by atoms with Crippen LogP contribution in [0.4, 0.5) is 0 Å². The zero-order valence-corrected chi connectivity index (χ0v) is 29.6. The van der Waals surface area contributed by atoms with Gasteiger partial charge in [-0.3, -0.25) is 34.0 Å². The van der Waals surface area contributed by atoms with E-state index in [1.165, 1.54) is 26.9 Å². The topological polar surface area (TPSA) is 181 Å². The number of nitrogens with zero attached hydrogens (tertiary/aromatic N) is 4. The molecule has 4 heterocycles. The zero-order valence-electron chi connectivity index (χ0n) is 29.6. The minimum Gasteiger partial charge on any atom is -0.450 e. The lowest BCUT2D eigenvalue weighted by atomic mass is 9.97. The number of nitrogens with one attached hydrogen (secondary N) is 3. The molecule has 4 fully saturated rings. The molecule has 0 aromatic rings. The molecule has 0 aromatic heterocycles. The Hall–Kier alpha value is -3.30. The zero-order chi connectivity index (χ0) is 35.6. The van der Waals surface area contributed by atoms with E-state index in [9.17, 15) is 33.9 Å². The highest BCUT2D eigenvalue weighted by molar-refractivity contribution is 5.97. The Bertz CT molecular complexity index is 1240. The normalized spacial score (nSPS) is 33.4. The number of fused-ring (bicyclic) bond motifs is 3. The molecule has 4 aliphatic heterocycles. The lowest BCUT2D eigenvalue weighted by molar-refractivity contribution is -0.175. The van der Waals surface area contributed by atoms with Gasteiger partial charge >= 0.3 is 5.97 Å². The third-order valence-electron chi connectivity index (χ3n) is 9.80. The molecule has 0 saturated carbocycles. The van der Waals surface area contributed by atoms with Crippen LogP contribution in [0.3, 0.4) is 0 Å². The van der Waals surface area contributed by atoms with Crippen LogP contribution in [0.1, 0.15) is 80.6 Å². The van der Waals surface area contributed by atoms with Crippen LogP contribution in [0.15, 0.2) is 0 Å². The molecule has 4 saturated heterocycles. The van der Waals surface area contributed by atoms with Crippen molar-refractivity contribution in [3.05, 3.63) is 0 Å². The summed E-state index contributed by atoms with van der Waals surface area (Å²) in [5, 5.41) is 15.8. The van der Waals surface area contributed by atoms with Crippen molar-refractivity contribution >= 4 is 35.5 Å². The Balaban J connectivity index is 1.83. The van der Waals surface area contributed by atoms with Gasteiger partial charge in [-0.2, -0.15) is 0 Å². The number of hydrogen-bond acceptors (Lipinski definition) is 10. The van der Waals surface area contributed by atoms with E-state index in [1.54, 1.807) is 27.7 Å². The van der Waals surface area contributed by atoms with Gasteiger partial charge < -0.3 is 25.0 Å². The number of hydrogen-bond donors (Lipinski definition) is 4. The summed E-state index contributed by atoms with van der Waals surface area (Å²) in [6, 6.07) is -5.18. The van der Waals surface area contributed by atoms with E-state index < -0.39 is 89.8 Å². The van der Waals surface area contributed by atoms with Gasteiger partial charge in [0.25, 0.3) is 11.8 Å². The molecule has 4 rings (SSSR count). The molecule has 5 amide bonds. The highest BCUT2D eigenvalue weighted by Crippen LogP contribution is 2.29. The van der Waals surface area contributed by atoms with Crippen LogP contribution in [-0.2, 0) is 33.5 Å². The summed E-state index contributed by atoms with van der Waals surface area (Å²) in [7, 11) is 1.51. The number of carbonyl (C=O) groups excluding carboxylic acids is 6. The summed E-state index contributed by atoms with van der Waals surface area (Å²) in [4.78, 5) is 87.5. The van der Waals surface area contributed by atoms with Gasteiger partial charge in [0.05, 0.1) is 6.10 Å². The molecule has 0 radical (unpaired) electrons. The summed E-state index contributed by atoms with van der Waals surface area (Å²) < 4.78 is 5.84. The molecule has 8 atom stereocenters. The van der Waals surface area contributed by atoms with Crippen molar-refractivity contribution in [2.45, 2.75) is 123 Å². The fraction of sp³-hybridized carbons (Fsp3) is 0.818. The van der Waals surface area contributed by atoms with Gasteiger partial charge in [-0.05, 0) is 49.4 Å². The molecule has 15 nitrogen and oxygen atoms in total. The number of rotatable bonds is 4. The van der Waals surface area contributed by atoms with Crippen molar-refractivity contribution in [3.63, 3.8) is 0 Å². The van der Waals surface area contributed by atoms with Gasteiger partial charge in [0.15, 0.2) is 6.10 Å². The molecule has 0 aliphatic carbocycles. The van der Waals surface area contributed by atoms with Gasteiger partial charge in [0.2, 0.25) is 17.7 Å². The van der Waals surface area contributed by atoms with Crippen molar-refractivity contribution in [1.82, 2.24) is 36.0 Å². The first-order valence-electron chi connectivity index (χ1n) is 17.4. The maximum atomic E-state index is 14.4. The summed E-state index contributed by atoms with van der Waals surface area (Å²) >= 11 is 0. The maximum absolute atomic E-state index is 14.4. The van der Waals surface area contributed by atoms with Crippen LogP contribution in [0.2, 0.25) is 0 Å². The van der Waals surface area contributed by atoms with Gasteiger partial charge in [-0.25, -0.2) is 15.6 Å². The maximum Gasteiger partial charge on any atom is 0.329 e. The molecule has 0 unspecified atom stereocenters. The average molecular weight is 678 g/mol. The van der Waals surface area contributed by atoms with Crippen LogP contribution >= 0.6 is 0 Å². The fourth-order valence-electron chi connectivity index (χ4n) is 7.11. The number of ether oxygens (including phenoxy) is 1. The Labute approximate surface area is 283 Å². The quantitative estimate of drug-likeness (QED) is 0.291. The number of esters is 1. The van der Waals surface area contributed by atoms with Crippen LogP contribution in [0.5, 0.6) is 0 Å². The summed E-state index contributed by atoms with van der Waals surface area (Å²) in [6.45, 7) is 13.4. The van der Waals surface area contributed by atoms with Crippen molar-refractivity contribution in [2.24, 2.45) is 23.7 Å². The van der Waals surface area contributed by atoms with Gasteiger partial charge in [0, 0.05) is 33.1 Å². The first-order chi connectivity index (χ1) is 22.5. The van der Waals surface area contributed by atoms with Crippen LogP contribution in [0.25, 0.3) is 0 Å². The van der Waals surface area contributed by atoms with Crippen molar-refractivity contribution in [1.29, 1.82) is 0 Å². The Morgan fingerprint density at radius 1 is 0.833 bits per heavy atom. The number of β-amino-alcohol motifs (C(OH)–C–C–N with tert-alkyl or cyclic N) is 1. The number of carbonyl (C=O) groups is 6. The lowest BCUT2D eigenvalue weighted by Gasteiger charge is -2.45. The molecule has 0 bridgehead atoms. The molecule has 4 aliphatic rings. The van der Waals surface area contributed by atoms with E-state index >= 15 is 0 Å². The standard InChI is InChI=1S/C33H55N7O8/c1-17(2)12-24-30(44)38-16-20(7)13-23(38)28(42)36-26(18(3)4)33(47)48-27(19(5)6)32(46)39-22(10-9-11-34-39)31(45)40-25(29(43)37(24)8)14-21(41)15-35-40/h17-27,34-35,41H,9-16H2,1-8H3,(H,36,42)/t20-,21+,22-,23+,24-,25-,26-,27-/m0/s1. The molecule has 0 spiro atoms. The number of amides is 5. The molecule has 48 heavy (non-hydrogen) atoms. The molecular formula is C33H55N7O8. The fourth-order valence-corrected chi connectivity index (χ4v) is 7.11. The molecular weight excluding hydrogens is 622 g/mol. The summed E-state index contributed by atoms with van der Waals surface area (Å²) in [5.41, 5.74) is 5.90. The number of aliphatic hydroxyl groups is 1. The second-order valence-corrected chi connectivity index (χ2v) is 15.0. The highest BCUT2D eigenvalue weighted by atomic mass is 16.6. The van der Waals surface area contributed by atoms with E-state index in [4.69, 9.17) is 4.74 Å². The number of likely N-dealkylation sites (N-methyl/N-ethyl adjacent to an activating group) is 1. The monoisotopic (exact) mass is 677 g/mol. The van der Waals surface area contributed by atoms with Gasteiger partial charge in [0.1, 0.15) is 30.2 Å². The minimum absolute atomic E-state index is 0.00551. The Morgan fingerprint density at radius 3 is 2.12 bits per heavy atom. The highest BCUT2D eigenvalue weighted by Gasteiger charge is 2.48. The van der Waals surface area contributed by atoms with Gasteiger partial charge in [-0.15, -0.1) is 0 Å². The largest absolute Gasteiger partial charge is 0.450 e. The number of cyclic esters (lactones) is 1. The second kappa shape index (κ2) is 15.5. The summed E-state index contributed by atoms with van der Waals surface area (Å²) in [5.74, 6) is -4.34. The second-order valence-electron chi connectivity index (χ2n) is 15.0. The van der Waals surface area contributed by atoms with E-state index in [0.717, 1.165) is 0 Å². The van der Waals surface area contributed by atoms with E-state index in [2.05, 4.69) is 16.2 Å². The van der Waals surface area contributed by atoms with Crippen molar-refractivity contribution < 1.29 is 38.6 Å². The third-order valence-corrected chi connectivity index (χ3v) is 9.80. The average Bonchev–Trinajstić information content (AvgIpc) is 3.43. The van der Waals surface area contributed by atoms with E-state index in [1.807, 2.05) is 20.8 Å². The van der Waals surface area contributed by atoms with Crippen LogP contribution in [0, 0.1) is 23.7 Å². The smallest absolute Gasteiger partial charge is 0.329 e. The van der Waals surface area contributed by atoms with Crippen molar-refractivity contribution in [3.8, 4) is 0 Å². The number of aliphatic hydroxyl groups excluding tert-OH is 1. The van der Waals surface area contributed by atoms with E-state index in [-0.39, 0.29) is 37.8 Å². The first kappa shape index (κ1) is 37.5.